The van der Waals surface area contributed by atoms with Gasteiger partial charge in [0.2, 0.25) is 0 Å². The number of aryl methyl sites for hydroxylation is 3. The molecule has 0 N–H and O–H groups in total. The monoisotopic (exact) mass is 388 g/mol. The van der Waals surface area contributed by atoms with E-state index in [4.69, 9.17) is 4.98 Å². The number of hydrogen-bond acceptors (Lipinski definition) is 4. The van der Waals surface area contributed by atoms with Gasteiger partial charge in [-0.3, -0.25) is 9.48 Å². The van der Waals surface area contributed by atoms with Crippen molar-refractivity contribution in [3.8, 4) is 10.6 Å². The topological polar surface area (TPSA) is 51.0 Å². The van der Waals surface area contributed by atoms with Crippen molar-refractivity contribution in [2.45, 2.75) is 20.3 Å². The molecule has 1 aliphatic rings. The van der Waals surface area contributed by atoms with Gasteiger partial charge in [0.1, 0.15) is 0 Å². The second-order valence-electron chi connectivity index (χ2n) is 7.23. The minimum absolute atomic E-state index is 0.0226. The van der Waals surface area contributed by atoms with E-state index < -0.39 is 0 Å². The van der Waals surface area contributed by atoms with E-state index in [1.54, 1.807) is 16.0 Å². The van der Waals surface area contributed by atoms with Gasteiger partial charge in [-0.1, -0.05) is 24.3 Å². The molecule has 4 aromatic rings. The maximum absolute atomic E-state index is 13.7. The van der Waals surface area contributed by atoms with Crippen molar-refractivity contribution in [1.82, 2.24) is 14.8 Å². The zero-order valence-electron chi connectivity index (χ0n) is 16.1. The molecule has 28 heavy (non-hydrogen) atoms. The molecule has 3 aromatic heterocycles. The summed E-state index contributed by atoms with van der Waals surface area (Å²) in [5, 5.41) is 7.40. The van der Waals surface area contributed by atoms with Gasteiger partial charge in [0.05, 0.1) is 32.9 Å². The first-order chi connectivity index (χ1) is 13.5. The number of carbonyl (C=O) groups excluding carboxylic acids is 1. The molecule has 1 aliphatic heterocycles. The molecule has 0 spiro atoms. The SMILES string of the molecule is Cc1cccc2c1N(C(=O)c1cc(-c3cccs3)nc3c1c(C)nn3C)CC2. The lowest BCUT2D eigenvalue weighted by Crippen LogP contribution is -2.29. The van der Waals surface area contributed by atoms with E-state index in [1.165, 1.54) is 5.56 Å². The Hall–Kier alpha value is -2.99. The number of rotatable bonds is 2. The first-order valence-electron chi connectivity index (χ1n) is 9.33. The van der Waals surface area contributed by atoms with E-state index in [1.807, 2.05) is 42.5 Å². The summed E-state index contributed by atoms with van der Waals surface area (Å²) in [6, 6.07) is 12.2. The predicted molar refractivity (Wildman–Crippen MR) is 113 cm³/mol. The maximum Gasteiger partial charge on any atom is 0.259 e. The molecule has 6 heteroatoms. The van der Waals surface area contributed by atoms with Gasteiger partial charge in [0, 0.05) is 13.6 Å². The second kappa shape index (κ2) is 6.27. The number of hydrogen-bond donors (Lipinski definition) is 0. The van der Waals surface area contributed by atoms with E-state index in [0.29, 0.717) is 12.1 Å². The first kappa shape index (κ1) is 17.1. The molecule has 0 unspecified atom stereocenters. The standard InChI is InChI=1S/C22H20N4OS/c1-13-6-4-7-15-9-10-26(20(13)15)22(27)16-12-17(18-8-5-11-28-18)23-21-19(16)14(2)24-25(21)3/h4-8,11-12H,9-10H2,1-3H3. The Labute approximate surface area is 167 Å². The Morgan fingerprint density at radius 1 is 1.18 bits per heavy atom. The lowest BCUT2D eigenvalue weighted by atomic mass is 10.1. The Balaban J connectivity index is 1.72. The number of amides is 1. The van der Waals surface area contributed by atoms with Crippen LogP contribution in [0.5, 0.6) is 0 Å². The van der Waals surface area contributed by atoms with Gasteiger partial charge in [-0.25, -0.2) is 4.98 Å². The summed E-state index contributed by atoms with van der Waals surface area (Å²) in [6.07, 6.45) is 0.890. The highest BCUT2D eigenvalue weighted by Crippen LogP contribution is 2.35. The zero-order valence-corrected chi connectivity index (χ0v) is 16.9. The molecule has 1 aromatic carbocycles. The maximum atomic E-state index is 13.7. The van der Waals surface area contributed by atoms with Gasteiger partial charge in [-0.05, 0) is 48.9 Å². The smallest absolute Gasteiger partial charge is 0.259 e. The number of nitrogens with zero attached hydrogens (tertiary/aromatic N) is 4. The second-order valence-corrected chi connectivity index (χ2v) is 8.18. The minimum atomic E-state index is 0.0226. The fraction of sp³-hybridized carbons (Fsp3) is 0.227. The normalized spacial score (nSPS) is 13.3. The van der Waals surface area contributed by atoms with Crippen molar-refractivity contribution in [2.75, 3.05) is 11.4 Å². The van der Waals surface area contributed by atoms with Gasteiger partial charge in [-0.2, -0.15) is 5.10 Å². The largest absolute Gasteiger partial charge is 0.307 e. The molecule has 5 nitrogen and oxygen atoms in total. The van der Waals surface area contributed by atoms with Crippen LogP contribution in [0.3, 0.4) is 0 Å². The van der Waals surface area contributed by atoms with Crippen molar-refractivity contribution < 1.29 is 4.79 Å². The molecule has 0 atom stereocenters. The third kappa shape index (κ3) is 2.48. The van der Waals surface area contributed by atoms with Crippen LogP contribution in [0.15, 0.2) is 41.8 Å². The Bertz CT molecular complexity index is 1220. The van der Waals surface area contributed by atoms with E-state index in [2.05, 4.69) is 30.2 Å². The first-order valence-corrected chi connectivity index (χ1v) is 10.2. The van der Waals surface area contributed by atoms with Crippen LogP contribution in [0, 0.1) is 13.8 Å². The zero-order chi connectivity index (χ0) is 19.4. The molecule has 0 saturated heterocycles. The van der Waals surface area contributed by atoms with Crippen LogP contribution >= 0.6 is 11.3 Å². The highest BCUT2D eigenvalue weighted by molar-refractivity contribution is 7.13. The van der Waals surface area contributed by atoms with Crippen LogP contribution in [0.25, 0.3) is 21.6 Å². The van der Waals surface area contributed by atoms with E-state index >= 15 is 0 Å². The number of para-hydroxylation sites is 1. The number of thiophene rings is 1. The number of pyridine rings is 1. The third-order valence-corrected chi connectivity index (χ3v) is 6.31. The Kier molecular flexibility index (Phi) is 3.84. The number of benzene rings is 1. The van der Waals surface area contributed by atoms with E-state index in [0.717, 1.165) is 45.0 Å². The van der Waals surface area contributed by atoms with Crippen molar-refractivity contribution in [3.63, 3.8) is 0 Å². The van der Waals surface area contributed by atoms with Crippen LogP contribution in [0.2, 0.25) is 0 Å². The summed E-state index contributed by atoms with van der Waals surface area (Å²) >= 11 is 1.62. The van der Waals surface area contributed by atoms with Gasteiger partial charge >= 0.3 is 0 Å². The number of anilines is 1. The van der Waals surface area contributed by atoms with E-state index in [-0.39, 0.29) is 5.91 Å². The number of fused-ring (bicyclic) bond motifs is 2. The molecule has 0 bridgehead atoms. The highest BCUT2D eigenvalue weighted by atomic mass is 32.1. The molecule has 4 heterocycles. The summed E-state index contributed by atoms with van der Waals surface area (Å²) < 4.78 is 1.77. The van der Waals surface area contributed by atoms with Gasteiger partial charge in [-0.15, -0.1) is 11.3 Å². The summed E-state index contributed by atoms with van der Waals surface area (Å²) in [7, 11) is 1.88. The Morgan fingerprint density at radius 2 is 2.04 bits per heavy atom. The summed E-state index contributed by atoms with van der Waals surface area (Å²) in [4.78, 5) is 21.5. The van der Waals surface area contributed by atoms with Crippen LogP contribution < -0.4 is 4.90 Å². The van der Waals surface area contributed by atoms with Gasteiger partial charge < -0.3 is 4.90 Å². The number of carbonyl (C=O) groups is 1. The van der Waals surface area contributed by atoms with Crippen molar-refractivity contribution in [1.29, 1.82) is 0 Å². The molecule has 0 aliphatic carbocycles. The number of aromatic nitrogens is 3. The lowest BCUT2D eigenvalue weighted by Gasteiger charge is -2.20. The van der Waals surface area contributed by atoms with E-state index in [9.17, 15) is 4.79 Å². The summed E-state index contributed by atoms with van der Waals surface area (Å²) in [5.74, 6) is 0.0226. The average molecular weight is 388 g/mol. The predicted octanol–water partition coefficient (Wildman–Crippen LogP) is 4.52. The van der Waals surface area contributed by atoms with Gasteiger partial charge in [0.25, 0.3) is 5.91 Å². The fourth-order valence-corrected chi connectivity index (χ4v) is 4.85. The fourth-order valence-electron chi connectivity index (χ4n) is 4.16. The summed E-state index contributed by atoms with van der Waals surface area (Å²) in [6.45, 7) is 4.71. The molecular formula is C22H20N4OS. The molecule has 140 valence electrons. The highest BCUT2D eigenvalue weighted by Gasteiger charge is 2.29. The van der Waals surface area contributed by atoms with Crippen LogP contribution in [-0.2, 0) is 13.5 Å². The van der Waals surface area contributed by atoms with Crippen LogP contribution in [0.1, 0.15) is 27.2 Å². The molecule has 0 saturated carbocycles. The molecule has 5 rings (SSSR count). The minimum Gasteiger partial charge on any atom is -0.307 e. The van der Waals surface area contributed by atoms with Crippen molar-refractivity contribution in [3.05, 3.63) is 64.2 Å². The lowest BCUT2D eigenvalue weighted by molar-refractivity contribution is 0.0990. The molecule has 1 amide bonds. The third-order valence-electron chi connectivity index (χ3n) is 5.41. The quantitative estimate of drug-likeness (QED) is 0.507. The average Bonchev–Trinajstić information content (AvgIpc) is 3.41. The van der Waals surface area contributed by atoms with Crippen molar-refractivity contribution in [2.24, 2.45) is 7.05 Å². The summed E-state index contributed by atoms with van der Waals surface area (Å²) in [5.41, 5.74) is 6.49. The molecular weight excluding hydrogens is 368 g/mol. The van der Waals surface area contributed by atoms with Crippen LogP contribution in [0.4, 0.5) is 5.69 Å². The van der Waals surface area contributed by atoms with Crippen LogP contribution in [-0.4, -0.2) is 27.2 Å². The van der Waals surface area contributed by atoms with Gasteiger partial charge in [0.15, 0.2) is 5.65 Å². The van der Waals surface area contributed by atoms with Crippen molar-refractivity contribution >= 4 is 34.0 Å². The Morgan fingerprint density at radius 3 is 2.82 bits per heavy atom. The molecule has 0 fully saturated rings. The molecule has 0 radical (unpaired) electrons.